The van der Waals surface area contributed by atoms with Crippen molar-refractivity contribution in [1.82, 2.24) is 5.32 Å². The van der Waals surface area contributed by atoms with E-state index in [1.165, 1.54) is 6.07 Å². The number of rotatable bonds is 3. The summed E-state index contributed by atoms with van der Waals surface area (Å²) in [6.45, 7) is 4.93. The molecule has 0 saturated carbocycles. The van der Waals surface area contributed by atoms with Crippen LogP contribution >= 0.6 is 0 Å². The predicted octanol–water partition coefficient (Wildman–Crippen LogP) is 1.92. The molecule has 2 N–H and O–H groups in total. The van der Waals surface area contributed by atoms with Gasteiger partial charge in [0.2, 0.25) is 0 Å². The second kappa shape index (κ2) is 5.27. The van der Waals surface area contributed by atoms with Gasteiger partial charge in [-0.1, -0.05) is 6.07 Å². The summed E-state index contributed by atoms with van der Waals surface area (Å²) in [4.78, 5) is 0. The van der Waals surface area contributed by atoms with Gasteiger partial charge < -0.3 is 15.4 Å². The summed E-state index contributed by atoms with van der Waals surface area (Å²) in [6, 6.07) is 5.21. The summed E-state index contributed by atoms with van der Waals surface area (Å²) in [6.07, 6.45) is -0.163. The molecule has 1 heterocycles. The third-order valence-electron chi connectivity index (χ3n) is 2.66. The average molecular weight is 224 g/mol. The summed E-state index contributed by atoms with van der Waals surface area (Å²) in [5.41, 5.74) is 1.45. The minimum Gasteiger partial charge on any atom is -0.385 e. The fraction of sp³-hybridized carbons (Fsp3) is 0.500. The maximum Gasteiger partial charge on any atom is 0.131 e. The highest BCUT2D eigenvalue weighted by molar-refractivity contribution is 5.45. The van der Waals surface area contributed by atoms with Gasteiger partial charge in [0.05, 0.1) is 12.7 Å². The largest absolute Gasteiger partial charge is 0.385 e. The fourth-order valence-corrected chi connectivity index (χ4v) is 1.87. The molecule has 4 heteroatoms. The number of nitrogens with one attached hydrogen (secondary N) is 2. The molecule has 1 unspecified atom stereocenters. The summed E-state index contributed by atoms with van der Waals surface area (Å²) in [5, 5.41) is 6.28. The molecule has 0 bridgehead atoms. The van der Waals surface area contributed by atoms with Gasteiger partial charge in [0.15, 0.2) is 0 Å². The number of morpholine rings is 1. The topological polar surface area (TPSA) is 33.3 Å². The van der Waals surface area contributed by atoms with Crippen LogP contribution in [0.5, 0.6) is 0 Å². The van der Waals surface area contributed by atoms with Gasteiger partial charge >= 0.3 is 0 Å². The first-order valence-electron chi connectivity index (χ1n) is 5.67. The van der Waals surface area contributed by atoms with Crippen molar-refractivity contribution in [2.75, 3.05) is 31.6 Å². The Hall–Kier alpha value is -1.13. The fourth-order valence-electron chi connectivity index (χ4n) is 1.87. The Bertz CT molecular complexity index is 351. The maximum atomic E-state index is 13.8. The van der Waals surface area contributed by atoms with Crippen molar-refractivity contribution in [3.05, 3.63) is 29.6 Å². The molecule has 3 nitrogen and oxygen atoms in total. The molecule has 1 aliphatic rings. The highest BCUT2D eigenvalue weighted by Crippen LogP contribution is 2.24. The lowest BCUT2D eigenvalue weighted by Crippen LogP contribution is -2.33. The Labute approximate surface area is 95.0 Å². The second-order valence-corrected chi connectivity index (χ2v) is 3.83. The van der Waals surface area contributed by atoms with Gasteiger partial charge in [-0.3, -0.25) is 0 Å². The highest BCUT2D eigenvalue weighted by atomic mass is 19.1. The van der Waals surface area contributed by atoms with E-state index in [0.29, 0.717) is 18.7 Å². The Morgan fingerprint density at radius 3 is 3.06 bits per heavy atom. The van der Waals surface area contributed by atoms with E-state index in [-0.39, 0.29) is 11.9 Å². The third kappa shape index (κ3) is 2.51. The third-order valence-corrected chi connectivity index (χ3v) is 2.66. The summed E-state index contributed by atoms with van der Waals surface area (Å²) < 4.78 is 19.3. The average Bonchev–Trinajstić information content (AvgIpc) is 2.31. The summed E-state index contributed by atoms with van der Waals surface area (Å²) in [7, 11) is 0. The number of benzene rings is 1. The summed E-state index contributed by atoms with van der Waals surface area (Å²) in [5.74, 6) is -0.202. The lowest BCUT2D eigenvalue weighted by Gasteiger charge is -2.24. The molecule has 1 aromatic carbocycles. The Balaban J connectivity index is 2.14. The number of ether oxygens (including phenoxy) is 1. The van der Waals surface area contributed by atoms with E-state index in [2.05, 4.69) is 10.6 Å². The number of hydrogen-bond donors (Lipinski definition) is 2. The van der Waals surface area contributed by atoms with Gasteiger partial charge in [0, 0.05) is 30.9 Å². The van der Waals surface area contributed by atoms with Crippen molar-refractivity contribution in [2.45, 2.75) is 13.0 Å². The van der Waals surface area contributed by atoms with Crippen LogP contribution in [0.25, 0.3) is 0 Å². The molecule has 2 rings (SSSR count). The molecule has 1 atom stereocenters. The quantitative estimate of drug-likeness (QED) is 0.823. The van der Waals surface area contributed by atoms with E-state index in [0.717, 1.165) is 18.8 Å². The Morgan fingerprint density at radius 2 is 2.44 bits per heavy atom. The van der Waals surface area contributed by atoms with Crippen LogP contribution in [0.1, 0.15) is 18.6 Å². The number of halogens is 1. The minimum absolute atomic E-state index is 0.163. The summed E-state index contributed by atoms with van der Waals surface area (Å²) >= 11 is 0. The first kappa shape index (κ1) is 11.4. The van der Waals surface area contributed by atoms with Crippen LogP contribution in [0.2, 0.25) is 0 Å². The van der Waals surface area contributed by atoms with E-state index in [4.69, 9.17) is 4.74 Å². The van der Waals surface area contributed by atoms with Gasteiger partial charge in [-0.2, -0.15) is 0 Å². The normalized spacial score (nSPS) is 20.8. The smallest absolute Gasteiger partial charge is 0.131 e. The van der Waals surface area contributed by atoms with Gasteiger partial charge in [0.1, 0.15) is 5.82 Å². The monoisotopic (exact) mass is 224 g/mol. The zero-order valence-corrected chi connectivity index (χ0v) is 9.42. The van der Waals surface area contributed by atoms with Crippen molar-refractivity contribution in [3.63, 3.8) is 0 Å². The molecule has 1 fully saturated rings. The zero-order chi connectivity index (χ0) is 11.4. The van der Waals surface area contributed by atoms with Crippen LogP contribution in [0.4, 0.5) is 10.1 Å². The lowest BCUT2D eigenvalue weighted by molar-refractivity contribution is 0.0255. The lowest BCUT2D eigenvalue weighted by atomic mass is 10.1. The molecule has 0 aliphatic carbocycles. The molecule has 1 aromatic rings. The first-order valence-corrected chi connectivity index (χ1v) is 5.67. The van der Waals surface area contributed by atoms with Crippen LogP contribution in [-0.2, 0) is 4.74 Å². The molecule has 88 valence electrons. The predicted molar refractivity (Wildman–Crippen MR) is 62.1 cm³/mol. The van der Waals surface area contributed by atoms with Crippen molar-refractivity contribution >= 4 is 5.69 Å². The van der Waals surface area contributed by atoms with Crippen molar-refractivity contribution in [2.24, 2.45) is 0 Å². The van der Waals surface area contributed by atoms with Crippen LogP contribution in [-0.4, -0.2) is 26.2 Å². The van der Waals surface area contributed by atoms with Crippen LogP contribution in [0, 0.1) is 5.82 Å². The van der Waals surface area contributed by atoms with Crippen LogP contribution in [0.15, 0.2) is 18.2 Å². The van der Waals surface area contributed by atoms with Crippen LogP contribution < -0.4 is 10.6 Å². The van der Waals surface area contributed by atoms with E-state index >= 15 is 0 Å². The van der Waals surface area contributed by atoms with Gasteiger partial charge in [-0.05, 0) is 19.1 Å². The molecule has 0 aromatic heterocycles. The molecule has 0 radical (unpaired) electrons. The Morgan fingerprint density at radius 1 is 1.56 bits per heavy atom. The molecular weight excluding hydrogens is 207 g/mol. The molecule has 0 amide bonds. The van der Waals surface area contributed by atoms with Gasteiger partial charge in [0.25, 0.3) is 0 Å². The van der Waals surface area contributed by atoms with Crippen LogP contribution in [0.3, 0.4) is 0 Å². The van der Waals surface area contributed by atoms with E-state index in [1.807, 2.05) is 13.0 Å². The van der Waals surface area contributed by atoms with Gasteiger partial charge in [-0.15, -0.1) is 0 Å². The number of anilines is 1. The van der Waals surface area contributed by atoms with Crippen molar-refractivity contribution < 1.29 is 9.13 Å². The second-order valence-electron chi connectivity index (χ2n) is 3.83. The highest BCUT2D eigenvalue weighted by Gasteiger charge is 2.19. The van der Waals surface area contributed by atoms with Crippen molar-refractivity contribution in [3.8, 4) is 0 Å². The number of hydrogen-bond acceptors (Lipinski definition) is 3. The molecule has 1 saturated heterocycles. The van der Waals surface area contributed by atoms with Crippen molar-refractivity contribution in [1.29, 1.82) is 0 Å². The SMILES string of the molecule is CCNc1ccc(C2CNCCO2)c(F)c1. The zero-order valence-electron chi connectivity index (χ0n) is 9.42. The van der Waals surface area contributed by atoms with E-state index in [9.17, 15) is 4.39 Å². The van der Waals surface area contributed by atoms with E-state index in [1.54, 1.807) is 6.07 Å². The standard InChI is InChI=1S/C12H17FN2O/c1-2-15-9-3-4-10(11(13)7-9)12-8-14-5-6-16-12/h3-4,7,12,14-15H,2,5-6,8H2,1H3. The molecule has 16 heavy (non-hydrogen) atoms. The first-order chi connectivity index (χ1) is 7.81. The Kier molecular flexibility index (Phi) is 3.74. The molecular formula is C12H17FN2O. The minimum atomic E-state index is -0.202. The van der Waals surface area contributed by atoms with Gasteiger partial charge in [-0.25, -0.2) is 4.39 Å². The van der Waals surface area contributed by atoms with E-state index < -0.39 is 0 Å². The molecule has 1 aliphatic heterocycles. The maximum absolute atomic E-state index is 13.8. The molecule has 0 spiro atoms.